The Bertz CT molecular complexity index is 942. The number of nitrogens with one attached hydrogen (secondary N) is 1. The van der Waals surface area contributed by atoms with E-state index in [0.717, 1.165) is 22.5 Å². The summed E-state index contributed by atoms with van der Waals surface area (Å²) in [5.74, 6) is -0.388. The Morgan fingerprint density at radius 3 is 2.07 bits per heavy atom. The van der Waals surface area contributed by atoms with Crippen LogP contribution in [0.1, 0.15) is 44.4 Å². The molecule has 0 unspecified atom stereocenters. The molecular formula is C21H26Cl2N2O3S. The fourth-order valence-electron chi connectivity index (χ4n) is 3.16. The highest BCUT2D eigenvalue weighted by molar-refractivity contribution is 7.92. The van der Waals surface area contributed by atoms with E-state index in [1.807, 2.05) is 31.2 Å². The van der Waals surface area contributed by atoms with Gasteiger partial charge in [-0.15, -0.1) is 0 Å². The minimum absolute atomic E-state index is 0.256. The number of carbonyl (C=O) groups is 1. The second kappa shape index (κ2) is 9.83. The normalized spacial score (nSPS) is 13.6. The number of anilines is 1. The summed E-state index contributed by atoms with van der Waals surface area (Å²) in [6.45, 7) is 5.70. The molecule has 0 aliphatic carbocycles. The first kappa shape index (κ1) is 23.5. The van der Waals surface area contributed by atoms with Gasteiger partial charge in [0.05, 0.1) is 18.0 Å². The molecule has 0 saturated heterocycles. The topological polar surface area (TPSA) is 66.5 Å². The smallest absolute Gasteiger partial charge is 0.244 e. The zero-order valence-corrected chi connectivity index (χ0v) is 19.3. The van der Waals surface area contributed by atoms with Crippen molar-refractivity contribution < 1.29 is 13.2 Å². The van der Waals surface area contributed by atoms with E-state index in [9.17, 15) is 13.2 Å². The molecule has 0 heterocycles. The van der Waals surface area contributed by atoms with Gasteiger partial charge in [-0.05, 0) is 49.1 Å². The number of hydrogen-bond acceptors (Lipinski definition) is 3. The first-order chi connectivity index (χ1) is 13.6. The summed E-state index contributed by atoms with van der Waals surface area (Å²) < 4.78 is 26.2. The van der Waals surface area contributed by atoms with Crippen molar-refractivity contribution in [1.82, 2.24) is 5.32 Å². The monoisotopic (exact) mass is 456 g/mol. The van der Waals surface area contributed by atoms with E-state index < -0.39 is 16.1 Å². The van der Waals surface area contributed by atoms with Crippen molar-refractivity contribution in [2.45, 2.75) is 45.7 Å². The van der Waals surface area contributed by atoms with Crippen molar-refractivity contribution in [2.75, 3.05) is 10.6 Å². The molecule has 0 bridgehead atoms. The van der Waals surface area contributed by atoms with E-state index in [2.05, 4.69) is 12.2 Å². The van der Waals surface area contributed by atoms with Crippen LogP contribution in [0, 0.1) is 0 Å². The first-order valence-electron chi connectivity index (χ1n) is 9.41. The zero-order valence-electron chi connectivity index (χ0n) is 16.9. The lowest BCUT2D eigenvalue weighted by molar-refractivity contribution is -0.122. The van der Waals surface area contributed by atoms with E-state index in [-0.39, 0.29) is 24.1 Å². The average molecular weight is 457 g/mol. The largest absolute Gasteiger partial charge is 0.348 e. The lowest BCUT2D eigenvalue weighted by atomic mass is 10.0. The predicted molar refractivity (Wildman–Crippen MR) is 120 cm³/mol. The maximum Gasteiger partial charge on any atom is 0.244 e. The number of carbonyl (C=O) groups excluding carboxylic acids is 1. The number of sulfonamides is 1. The van der Waals surface area contributed by atoms with E-state index in [4.69, 9.17) is 23.2 Å². The van der Waals surface area contributed by atoms with Crippen LogP contribution in [0.5, 0.6) is 0 Å². The van der Waals surface area contributed by atoms with Gasteiger partial charge in [0.1, 0.15) is 6.04 Å². The molecule has 29 heavy (non-hydrogen) atoms. The molecule has 1 amide bonds. The lowest BCUT2D eigenvalue weighted by Gasteiger charge is -2.31. The fourth-order valence-corrected chi connectivity index (χ4v) is 4.87. The van der Waals surface area contributed by atoms with Gasteiger partial charge in [0.25, 0.3) is 0 Å². The molecule has 0 radical (unpaired) electrons. The number of aryl methyl sites for hydroxylation is 1. The Morgan fingerprint density at radius 2 is 1.62 bits per heavy atom. The van der Waals surface area contributed by atoms with Gasteiger partial charge in [-0.3, -0.25) is 9.10 Å². The van der Waals surface area contributed by atoms with Crippen molar-refractivity contribution in [3.63, 3.8) is 0 Å². The van der Waals surface area contributed by atoms with Crippen LogP contribution in [0.2, 0.25) is 10.0 Å². The third-order valence-electron chi connectivity index (χ3n) is 4.68. The van der Waals surface area contributed by atoms with Crippen LogP contribution in [0.15, 0.2) is 42.5 Å². The van der Waals surface area contributed by atoms with Crippen LogP contribution in [0.25, 0.3) is 0 Å². The highest BCUT2D eigenvalue weighted by atomic mass is 35.5. The molecule has 1 N–H and O–H groups in total. The van der Waals surface area contributed by atoms with E-state index in [1.54, 1.807) is 6.92 Å². The SMILES string of the molecule is CCc1ccc([C@H](C)NC(=O)[C@@H](CC)N(c2cc(Cl)cc(Cl)c2)S(C)(=O)=O)cc1. The minimum Gasteiger partial charge on any atom is -0.348 e. The molecule has 8 heteroatoms. The fraction of sp³-hybridized carbons (Fsp3) is 0.381. The van der Waals surface area contributed by atoms with Crippen LogP contribution in [0.4, 0.5) is 5.69 Å². The second-order valence-corrected chi connectivity index (χ2v) is 9.67. The van der Waals surface area contributed by atoms with E-state index in [0.29, 0.717) is 10.0 Å². The van der Waals surface area contributed by atoms with Crippen molar-refractivity contribution in [3.05, 3.63) is 63.6 Å². The standard InChI is InChI=1S/C21H26Cl2N2O3S/c1-5-15-7-9-16(10-8-15)14(3)24-21(26)20(6-2)25(29(4,27)28)19-12-17(22)11-18(23)13-19/h7-14,20H,5-6H2,1-4H3,(H,24,26)/t14-,20+/m0/s1. The van der Waals surface area contributed by atoms with Crippen LogP contribution in [0.3, 0.4) is 0 Å². The summed E-state index contributed by atoms with van der Waals surface area (Å²) >= 11 is 12.1. The Labute approximate surface area is 183 Å². The molecule has 0 saturated carbocycles. The molecule has 2 aromatic carbocycles. The molecule has 5 nitrogen and oxygen atoms in total. The number of amides is 1. The second-order valence-electron chi connectivity index (χ2n) is 6.94. The van der Waals surface area contributed by atoms with Gasteiger partial charge in [-0.25, -0.2) is 8.42 Å². The Kier molecular flexibility index (Phi) is 7.97. The summed E-state index contributed by atoms with van der Waals surface area (Å²) in [6.07, 6.45) is 2.28. The summed E-state index contributed by atoms with van der Waals surface area (Å²) in [6, 6.07) is 11.2. The molecule has 2 atom stereocenters. The Balaban J connectivity index is 2.32. The molecule has 0 fully saturated rings. The molecule has 0 aliphatic heterocycles. The maximum atomic E-state index is 13.0. The lowest BCUT2D eigenvalue weighted by Crippen LogP contribution is -2.49. The minimum atomic E-state index is -3.76. The Hall–Kier alpha value is -1.76. The quantitative estimate of drug-likeness (QED) is 0.608. The van der Waals surface area contributed by atoms with Crippen LogP contribution in [-0.4, -0.2) is 26.6 Å². The van der Waals surface area contributed by atoms with Gasteiger partial charge in [-0.1, -0.05) is 61.3 Å². The molecule has 0 aromatic heterocycles. The number of halogens is 2. The van der Waals surface area contributed by atoms with Crippen LogP contribution >= 0.6 is 23.2 Å². The highest BCUT2D eigenvalue weighted by Gasteiger charge is 2.32. The molecular weight excluding hydrogens is 431 g/mol. The van der Waals surface area contributed by atoms with Gasteiger partial charge in [-0.2, -0.15) is 0 Å². The molecule has 0 aliphatic rings. The summed E-state index contributed by atoms with van der Waals surface area (Å²) in [7, 11) is -3.76. The van der Waals surface area contributed by atoms with Crippen molar-refractivity contribution in [3.8, 4) is 0 Å². The number of benzene rings is 2. The van der Waals surface area contributed by atoms with Crippen LogP contribution < -0.4 is 9.62 Å². The number of rotatable bonds is 8. The summed E-state index contributed by atoms with van der Waals surface area (Å²) in [5, 5.41) is 3.51. The van der Waals surface area contributed by atoms with Crippen LogP contribution in [-0.2, 0) is 21.2 Å². The van der Waals surface area contributed by atoms with E-state index in [1.165, 1.54) is 23.8 Å². The van der Waals surface area contributed by atoms with Gasteiger partial charge >= 0.3 is 0 Å². The van der Waals surface area contributed by atoms with Crippen molar-refractivity contribution in [1.29, 1.82) is 0 Å². The number of hydrogen-bond donors (Lipinski definition) is 1. The van der Waals surface area contributed by atoms with Gasteiger partial charge < -0.3 is 5.32 Å². The third kappa shape index (κ3) is 6.11. The highest BCUT2D eigenvalue weighted by Crippen LogP contribution is 2.29. The molecule has 2 aromatic rings. The number of nitrogens with zero attached hydrogens (tertiary/aromatic N) is 1. The van der Waals surface area contributed by atoms with Gasteiger partial charge in [0, 0.05) is 10.0 Å². The van der Waals surface area contributed by atoms with Crippen molar-refractivity contribution in [2.24, 2.45) is 0 Å². The molecule has 158 valence electrons. The molecule has 2 rings (SSSR count). The predicted octanol–water partition coefficient (Wildman–Crippen LogP) is 4.98. The zero-order chi connectivity index (χ0) is 21.8. The average Bonchev–Trinajstić information content (AvgIpc) is 2.63. The van der Waals surface area contributed by atoms with Gasteiger partial charge in [0.15, 0.2) is 0 Å². The van der Waals surface area contributed by atoms with Crippen molar-refractivity contribution >= 4 is 44.8 Å². The first-order valence-corrected chi connectivity index (χ1v) is 12.0. The van der Waals surface area contributed by atoms with Gasteiger partial charge in [0.2, 0.25) is 15.9 Å². The molecule has 0 spiro atoms. The third-order valence-corrected chi connectivity index (χ3v) is 6.29. The van der Waals surface area contributed by atoms with E-state index >= 15 is 0 Å². The summed E-state index contributed by atoms with van der Waals surface area (Å²) in [4.78, 5) is 13.0. The maximum absolute atomic E-state index is 13.0. The Morgan fingerprint density at radius 1 is 1.07 bits per heavy atom. The summed E-state index contributed by atoms with van der Waals surface area (Å²) in [5.41, 5.74) is 2.41.